The van der Waals surface area contributed by atoms with E-state index in [1.807, 2.05) is 43.3 Å². The molecule has 0 saturated carbocycles. The Morgan fingerprint density at radius 1 is 1.12 bits per heavy atom. The number of nitrogens with two attached hydrogens (primary N) is 1. The zero-order valence-electron chi connectivity index (χ0n) is 24.5. The number of carbonyl (C=O) groups is 2. The highest BCUT2D eigenvalue weighted by Crippen LogP contribution is 2.30. The van der Waals surface area contributed by atoms with Gasteiger partial charge in [0.2, 0.25) is 5.91 Å². The maximum Gasteiger partial charge on any atom is 0.332 e. The number of hydrogen-bond acceptors (Lipinski definition) is 7. The molecule has 0 aliphatic carbocycles. The quantitative estimate of drug-likeness (QED) is 0.0774. The average molecular weight is 605 g/mol. The van der Waals surface area contributed by atoms with Gasteiger partial charge in [0.25, 0.3) is 0 Å². The third-order valence-electron chi connectivity index (χ3n) is 6.73. The summed E-state index contributed by atoms with van der Waals surface area (Å²) in [5.74, 6) is 0.611. The number of primary amides is 1. The monoisotopic (exact) mass is 604 g/mol. The summed E-state index contributed by atoms with van der Waals surface area (Å²) in [6.07, 6.45) is 9.25. The highest BCUT2D eigenvalue weighted by atomic mass is 35.5. The second-order valence-corrected chi connectivity index (χ2v) is 10.8. The van der Waals surface area contributed by atoms with E-state index < -0.39 is 5.91 Å². The molecule has 41 heavy (non-hydrogen) atoms. The molecule has 2 rings (SSSR count). The second-order valence-electron chi connectivity index (χ2n) is 10.0. The van der Waals surface area contributed by atoms with Gasteiger partial charge in [-0.2, -0.15) is 12.6 Å². The van der Waals surface area contributed by atoms with Gasteiger partial charge in [-0.3, -0.25) is 4.79 Å². The molecule has 0 fully saturated rings. The molecule has 2 aromatic carbocycles. The van der Waals surface area contributed by atoms with E-state index >= 15 is 0 Å². The number of allylic oxidation sites excluding steroid dienone is 1. The fourth-order valence-corrected chi connectivity index (χ4v) is 4.76. The van der Waals surface area contributed by atoms with Crippen LogP contribution in [-0.2, 0) is 20.7 Å². The zero-order chi connectivity index (χ0) is 30.0. The fraction of sp³-hybridized carbons (Fsp3) is 0.500. The summed E-state index contributed by atoms with van der Waals surface area (Å²) in [5.41, 5.74) is 8.13. The zero-order valence-corrected chi connectivity index (χ0v) is 26.2. The predicted octanol–water partition coefficient (Wildman–Crippen LogP) is 6.52. The van der Waals surface area contributed by atoms with Crippen LogP contribution in [0.5, 0.6) is 5.75 Å². The Labute approximate surface area is 255 Å². The molecular weight excluding hydrogens is 560 g/mol. The minimum absolute atomic E-state index is 0.0673. The molecule has 0 spiro atoms. The van der Waals surface area contributed by atoms with E-state index in [0.717, 1.165) is 68.1 Å². The lowest BCUT2D eigenvalue weighted by atomic mass is 10.1. The lowest BCUT2D eigenvalue weighted by Crippen LogP contribution is -2.26. The van der Waals surface area contributed by atoms with Crippen molar-refractivity contribution in [1.82, 2.24) is 0 Å². The Bertz CT molecular complexity index is 1110. The van der Waals surface area contributed by atoms with Crippen molar-refractivity contribution in [2.45, 2.75) is 58.5 Å². The lowest BCUT2D eigenvalue weighted by Gasteiger charge is -2.26. The number of amides is 1. The number of benzene rings is 2. The average Bonchev–Trinajstić information content (AvgIpc) is 2.96. The number of anilines is 1. The molecule has 7 nitrogen and oxygen atoms in total. The van der Waals surface area contributed by atoms with E-state index in [1.54, 1.807) is 6.07 Å². The summed E-state index contributed by atoms with van der Waals surface area (Å²) in [6.45, 7) is 6.16. The smallest absolute Gasteiger partial charge is 0.332 e. The third kappa shape index (κ3) is 12.8. The molecule has 226 valence electrons. The van der Waals surface area contributed by atoms with E-state index in [1.165, 1.54) is 12.7 Å². The van der Waals surface area contributed by atoms with Crippen LogP contribution in [0, 0.1) is 5.92 Å². The standard InChI is InChI=1S/C32H45ClN2O5S/c1-4-35(18-9-6-5-7-15-29(24(2)23-41)40-31(36)22-38-3)28-21-26(32(34)37)16-17-30(28)39-19-10-8-12-25-13-11-14-27(33)20-25/h7,11,13-17,20-21,24,29,41H,4-6,8-10,12,18-19,22-23H2,1-3H3,(H2,34,37)/b15-7+/t24-,29?/m1/s1. The molecule has 0 heterocycles. The predicted molar refractivity (Wildman–Crippen MR) is 170 cm³/mol. The van der Waals surface area contributed by atoms with Crippen molar-refractivity contribution in [2.75, 3.05) is 44.1 Å². The lowest BCUT2D eigenvalue weighted by molar-refractivity contribution is -0.152. The molecule has 0 aromatic heterocycles. The minimum Gasteiger partial charge on any atom is -0.491 e. The summed E-state index contributed by atoms with van der Waals surface area (Å²) < 4.78 is 16.6. The molecule has 1 unspecified atom stereocenters. The van der Waals surface area contributed by atoms with E-state index in [-0.39, 0.29) is 24.6 Å². The van der Waals surface area contributed by atoms with Gasteiger partial charge < -0.3 is 24.8 Å². The molecule has 0 aliphatic heterocycles. The van der Waals surface area contributed by atoms with Gasteiger partial charge in [-0.1, -0.05) is 36.7 Å². The molecule has 0 saturated heterocycles. The SMILES string of the molecule is CCN(CCCC/C=C/C(OC(=O)COC)[C@H](C)CS)c1cc(C(N)=O)ccc1OCCCCc1cccc(Cl)c1. The highest BCUT2D eigenvalue weighted by molar-refractivity contribution is 7.80. The Kier molecular flexibility index (Phi) is 16.4. The van der Waals surface area contributed by atoms with Crippen molar-refractivity contribution in [3.8, 4) is 5.75 Å². The first kappa shape index (κ1) is 34.5. The van der Waals surface area contributed by atoms with Gasteiger partial charge >= 0.3 is 5.97 Å². The number of carbonyl (C=O) groups excluding carboxylic acids is 2. The number of nitrogens with zero attached hydrogens (tertiary/aromatic N) is 1. The largest absolute Gasteiger partial charge is 0.491 e. The van der Waals surface area contributed by atoms with Gasteiger partial charge in [-0.05, 0) is 93.2 Å². The summed E-state index contributed by atoms with van der Waals surface area (Å²) in [4.78, 5) is 26.0. The van der Waals surface area contributed by atoms with Gasteiger partial charge in [-0.15, -0.1) is 0 Å². The summed E-state index contributed by atoms with van der Waals surface area (Å²) in [5, 5.41) is 0.754. The maximum atomic E-state index is 11.9. The number of hydrogen-bond donors (Lipinski definition) is 2. The van der Waals surface area contributed by atoms with Gasteiger partial charge in [0.05, 0.1) is 12.3 Å². The van der Waals surface area contributed by atoms with Crippen LogP contribution in [0.1, 0.15) is 61.9 Å². The van der Waals surface area contributed by atoms with Crippen LogP contribution >= 0.6 is 24.2 Å². The van der Waals surface area contributed by atoms with Crippen LogP contribution in [0.25, 0.3) is 0 Å². The molecule has 0 bridgehead atoms. The number of rotatable bonds is 20. The van der Waals surface area contributed by atoms with Crippen molar-refractivity contribution >= 4 is 41.8 Å². The number of aryl methyl sites for hydroxylation is 1. The Hall–Kier alpha value is -2.68. The van der Waals surface area contributed by atoms with Crippen molar-refractivity contribution in [3.05, 3.63) is 70.8 Å². The summed E-state index contributed by atoms with van der Waals surface area (Å²) in [7, 11) is 1.47. The van der Waals surface area contributed by atoms with Crippen LogP contribution < -0.4 is 15.4 Å². The van der Waals surface area contributed by atoms with Crippen molar-refractivity contribution < 1.29 is 23.8 Å². The van der Waals surface area contributed by atoms with Crippen molar-refractivity contribution in [1.29, 1.82) is 0 Å². The van der Waals surface area contributed by atoms with Crippen molar-refractivity contribution in [3.63, 3.8) is 0 Å². The van der Waals surface area contributed by atoms with Gasteiger partial charge in [0, 0.05) is 36.7 Å². The normalized spacial score (nSPS) is 12.7. The first-order chi connectivity index (χ1) is 19.8. The third-order valence-corrected chi connectivity index (χ3v) is 7.54. The first-order valence-electron chi connectivity index (χ1n) is 14.3. The van der Waals surface area contributed by atoms with E-state index in [2.05, 4.69) is 36.6 Å². The van der Waals surface area contributed by atoms with Crippen LogP contribution in [0.3, 0.4) is 0 Å². The number of methoxy groups -OCH3 is 1. The number of unbranched alkanes of at least 4 members (excludes halogenated alkanes) is 3. The first-order valence-corrected chi connectivity index (χ1v) is 15.3. The number of esters is 1. The Morgan fingerprint density at radius 3 is 2.61 bits per heavy atom. The van der Waals surface area contributed by atoms with Crippen LogP contribution in [0.4, 0.5) is 5.69 Å². The molecular formula is C32H45ClN2O5S. The molecule has 9 heteroatoms. The van der Waals surface area contributed by atoms with Gasteiger partial charge in [-0.25, -0.2) is 4.79 Å². The van der Waals surface area contributed by atoms with Crippen LogP contribution in [-0.4, -0.2) is 57.1 Å². The Morgan fingerprint density at radius 2 is 1.93 bits per heavy atom. The number of ether oxygens (including phenoxy) is 3. The van der Waals surface area contributed by atoms with E-state index in [4.69, 9.17) is 31.5 Å². The fourth-order valence-electron chi connectivity index (χ4n) is 4.34. The summed E-state index contributed by atoms with van der Waals surface area (Å²) in [6, 6.07) is 13.3. The topological polar surface area (TPSA) is 91.1 Å². The van der Waals surface area contributed by atoms with E-state index in [0.29, 0.717) is 17.9 Å². The number of halogens is 1. The maximum absolute atomic E-state index is 11.9. The van der Waals surface area contributed by atoms with Crippen LogP contribution in [0.15, 0.2) is 54.6 Å². The molecule has 0 radical (unpaired) electrons. The molecule has 0 aliphatic rings. The minimum atomic E-state index is -0.461. The Balaban J connectivity index is 1.92. The van der Waals surface area contributed by atoms with E-state index in [9.17, 15) is 9.59 Å². The highest BCUT2D eigenvalue weighted by Gasteiger charge is 2.18. The molecule has 2 aromatic rings. The number of thiol groups is 1. The van der Waals surface area contributed by atoms with Crippen molar-refractivity contribution in [2.24, 2.45) is 11.7 Å². The van der Waals surface area contributed by atoms with Crippen LogP contribution in [0.2, 0.25) is 5.02 Å². The van der Waals surface area contributed by atoms with Gasteiger partial charge in [0.15, 0.2) is 0 Å². The molecule has 2 atom stereocenters. The van der Waals surface area contributed by atoms with Gasteiger partial charge in [0.1, 0.15) is 18.5 Å². The summed E-state index contributed by atoms with van der Waals surface area (Å²) >= 11 is 10.4. The molecule has 1 amide bonds. The second kappa shape index (κ2) is 19.4. The molecule has 2 N–H and O–H groups in total.